The predicted octanol–water partition coefficient (Wildman–Crippen LogP) is 3.10. The number of aryl methyl sites for hydroxylation is 1. The number of nitrogens with one attached hydrogen (secondary N) is 2. The van der Waals surface area contributed by atoms with Crippen LogP contribution in [-0.4, -0.2) is 29.1 Å². The first-order valence-electron chi connectivity index (χ1n) is 11.8. The molecule has 2 aromatic carbocycles. The van der Waals surface area contributed by atoms with E-state index in [0.717, 1.165) is 17.5 Å². The molecule has 0 bridgehead atoms. The summed E-state index contributed by atoms with van der Waals surface area (Å²) in [6.07, 6.45) is 1.96. The third-order valence-corrected chi connectivity index (χ3v) is 5.99. The van der Waals surface area contributed by atoms with Gasteiger partial charge in [0.05, 0.1) is 6.42 Å². The van der Waals surface area contributed by atoms with Gasteiger partial charge >= 0.3 is 0 Å². The van der Waals surface area contributed by atoms with Gasteiger partial charge in [-0.3, -0.25) is 14.4 Å². The molecule has 0 radical (unpaired) electrons. The van der Waals surface area contributed by atoms with Gasteiger partial charge in [-0.15, -0.1) is 0 Å². The van der Waals surface area contributed by atoms with E-state index in [0.29, 0.717) is 34.9 Å². The van der Waals surface area contributed by atoms with E-state index in [9.17, 15) is 14.4 Å². The van der Waals surface area contributed by atoms with Crippen LogP contribution in [0.25, 0.3) is 0 Å². The topological polar surface area (TPSA) is 115 Å². The van der Waals surface area contributed by atoms with E-state index in [-0.39, 0.29) is 24.4 Å². The quantitative estimate of drug-likeness (QED) is 0.346. The average molecular weight is 511 g/mol. The first-order chi connectivity index (χ1) is 17.3. The number of rotatable bonds is 12. The lowest BCUT2D eigenvalue weighted by molar-refractivity contribution is -0.125. The Morgan fingerprint density at radius 3 is 2.58 bits per heavy atom. The van der Waals surface area contributed by atoms with Crippen LogP contribution < -0.4 is 26.8 Å². The summed E-state index contributed by atoms with van der Waals surface area (Å²) in [6, 6.07) is 16.7. The van der Waals surface area contributed by atoms with E-state index in [1.807, 2.05) is 30.3 Å². The van der Waals surface area contributed by atoms with E-state index < -0.39 is 12.0 Å². The summed E-state index contributed by atoms with van der Waals surface area (Å²) in [6.45, 7) is 4.27. The molecule has 190 valence electrons. The van der Waals surface area contributed by atoms with Crippen molar-refractivity contribution in [2.24, 2.45) is 5.73 Å². The molecule has 0 aliphatic heterocycles. The van der Waals surface area contributed by atoms with Crippen molar-refractivity contribution in [2.75, 3.05) is 12.0 Å². The second kappa shape index (κ2) is 12.8. The molecule has 0 saturated carbocycles. The van der Waals surface area contributed by atoms with Crippen molar-refractivity contribution in [1.29, 1.82) is 0 Å². The van der Waals surface area contributed by atoms with Crippen LogP contribution in [0.3, 0.4) is 0 Å². The van der Waals surface area contributed by atoms with Gasteiger partial charge in [-0.1, -0.05) is 48.9 Å². The van der Waals surface area contributed by atoms with Gasteiger partial charge in [-0.25, -0.2) is 4.68 Å². The number of amides is 2. The van der Waals surface area contributed by atoms with Crippen molar-refractivity contribution in [2.45, 2.75) is 45.8 Å². The Balaban J connectivity index is 1.65. The maximum Gasteiger partial charge on any atom is 0.272 e. The smallest absolute Gasteiger partial charge is 0.272 e. The van der Waals surface area contributed by atoms with Gasteiger partial charge in [0.25, 0.3) is 11.5 Å². The van der Waals surface area contributed by atoms with Crippen LogP contribution in [0.5, 0.6) is 5.75 Å². The molecule has 8 nitrogen and oxygen atoms in total. The maximum atomic E-state index is 13.0. The molecule has 0 spiro atoms. The molecule has 1 atom stereocenters. The van der Waals surface area contributed by atoms with Gasteiger partial charge < -0.3 is 21.2 Å². The van der Waals surface area contributed by atoms with Crippen molar-refractivity contribution >= 4 is 23.4 Å². The van der Waals surface area contributed by atoms with E-state index in [4.69, 9.17) is 22.1 Å². The summed E-state index contributed by atoms with van der Waals surface area (Å²) in [5.74, 6) is -0.494. The molecule has 9 heteroatoms. The number of carbonyl (C=O) groups is 2. The van der Waals surface area contributed by atoms with Crippen LogP contribution in [0.2, 0.25) is 5.02 Å². The van der Waals surface area contributed by atoms with Gasteiger partial charge in [0, 0.05) is 35.4 Å². The minimum absolute atomic E-state index is 0.0818. The molecule has 36 heavy (non-hydrogen) atoms. The molecule has 3 rings (SSSR count). The SMILES string of the molecule is CCC(Oc1ccc(Cl)cc1CNC(=O)Cc1c(C)ccn(NCCc2ccccc2)c1=O)C(N)=O. The number of ether oxygens (including phenoxy) is 1. The minimum Gasteiger partial charge on any atom is -0.480 e. The Morgan fingerprint density at radius 1 is 1.14 bits per heavy atom. The Morgan fingerprint density at radius 2 is 1.89 bits per heavy atom. The van der Waals surface area contributed by atoms with Crippen molar-refractivity contribution in [1.82, 2.24) is 9.99 Å². The monoisotopic (exact) mass is 510 g/mol. The average Bonchev–Trinajstić information content (AvgIpc) is 2.86. The predicted molar refractivity (Wildman–Crippen MR) is 141 cm³/mol. The third kappa shape index (κ3) is 7.36. The van der Waals surface area contributed by atoms with Crippen LogP contribution in [0.1, 0.15) is 35.6 Å². The largest absolute Gasteiger partial charge is 0.480 e. The normalized spacial score (nSPS) is 11.5. The van der Waals surface area contributed by atoms with Crippen molar-refractivity contribution in [3.05, 3.63) is 98.4 Å². The lowest BCUT2D eigenvalue weighted by Crippen LogP contribution is -2.35. The number of carbonyl (C=O) groups excluding carboxylic acids is 2. The maximum absolute atomic E-state index is 13.0. The standard InChI is InChI=1S/C27H31ClN4O4/c1-3-23(26(29)34)36-24-10-9-21(28)15-20(24)17-30-25(33)16-22-18(2)12-14-32(27(22)35)31-13-11-19-7-5-4-6-8-19/h4-10,12,14-15,23,31H,3,11,13,16-17H2,1-2H3,(H2,29,34)(H,30,33). The fourth-order valence-electron chi connectivity index (χ4n) is 3.69. The fourth-order valence-corrected chi connectivity index (χ4v) is 3.88. The van der Waals surface area contributed by atoms with E-state index in [1.54, 1.807) is 44.3 Å². The Kier molecular flexibility index (Phi) is 9.53. The first kappa shape index (κ1) is 26.8. The molecule has 4 N–H and O–H groups in total. The highest BCUT2D eigenvalue weighted by molar-refractivity contribution is 6.30. The Bertz CT molecular complexity index is 1260. The molecule has 1 heterocycles. The summed E-state index contributed by atoms with van der Waals surface area (Å²) in [4.78, 5) is 37.3. The number of benzene rings is 2. The van der Waals surface area contributed by atoms with Crippen LogP contribution >= 0.6 is 11.6 Å². The van der Waals surface area contributed by atoms with Gasteiger partial charge in [-0.05, 0) is 55.2 Å². The number of hydrogen-bond acceptors (Lipinski definition) is 5. The highest BCUT2D eigenvalue weighted by Gasteiger charge is 2.18. The number of pyridine rings is 1. The molecular weight excluding hydrogens is 480 g/mol. The van der Waals surface area contributed by atoms with Gasteiger partial charge in [0.2, 0.25) is 5.91 Å². The molecule has 0 saturated heterocycles. The number of nitrogens with two attached hydrogens (primary N) is 1. The number of aromatic nitrogens is 1. The molecule has 1 aromatic heterocycles. The summed E-state index contributed by atoms with van der Waals surface area (Å²) in [7, 11) is 0. The molecular formula is C27H31ClN4O4. The van der Waals surface area contributed by atoms with Crippen LogP contribution in [0, 0.1) is 6.92 Å². The highest BCUT2D eigenvalue weighted by Crippen LogP contribution is 2.24. The zero-order valence-electron chi connectivity index (χ0n) is 20.4. The minimum atomic E-state index is -0.791. The summed E-state index contributed by atoms with van der Waals surface area (Å²) < 4.78 is 7.15. The van der Waals surface area contributed by atoms with Crippen molar-refractivity contribution in [3.8, 4) is 5.75 Å². The second-order valence-corrected chi connectivity index (χ2v) is 8.86. The van der Waals surface area contributed by atoms with Crippen molar-refractivity contribution < 1.29 is 14.3 Å². The zero-order chi connectivity index (χ0) is 26.1. The molecule has 0 aliphatic rings. The van der Waals surface area contributed by atoms with Gasteiger partial charge in [-0.2, -0.15) is 0 Å². The fraction of sp³-hybridized carbons (Fsp3) is 0.296. The van der Waals surface area contributed by atoms with Crippen LogP contribution in [0.15, 0.2) is 65.6 Å². The molecule has 0 fully saturated rings. The third-order valence-electron chi connectivity index (χ3n) is 5.76. The number of nitrogens with zero attached hydrogens (tertiary/aromatic N) is 1. The van der Waals surface area contributed by atoms with Crippen LogP contribution in [-0.2, 0) is 29.0 Å². The van der Waals surface area contributed by atoms with E-state index in [1.165, 1.54) is 4.68 Å². The van der Waals surface area contributed by atoms with Crippen molar-refractivity contribution in [3.63, 3.8) is 0 Å². The zero-order valence-corrected chi connectivity index (χ0v) is 21.2. The number of primary amides is 1. The molecule has 1 unspecified atom stereocenters. The lowest BCUT2D eigenvalue weighted by Gasteiger charge is -2.18. The second-order valence-electron chi connectivity index (χ2n) is 8.42. The summed E-state index contributed by atoms with van der Waals surface area (Å²) in [5.41, 5.74) is 11.1. The Labute approximate surface area is 215 Å². The van der Waals surface area contributed by atoms with E-state index in [2.05, 4.69) is 10.7 Å². The number of hydrogen-bond donors (Lipinski definition) is 3. The Hall–Kier alpha value is -3.78. The van der Waals surface area contributed by atoms with E-state index >= 15 is 0 Å². The van der Waals surface area contributed by atoms with Gasteiger partial charge in [0.1, 0.15) is 5.75 Å². The van der Waals surface area contributed by atoms with Gasteiger partial charge in [0.15, 0.2) is 6.10 Å². The van der Waals surface area contributed by atoms with Crippen LogP contribution in [0.4, 0.5) is 0 Å². The summed E-state index contributed by atoms with van der Waals surface area (Å²) in [5, 5.41) is 3.27. The molecule has 2 amide bonds. The molecule has 0 aliphatic carbocycles. The summed E-state index contributed by atoms with van der Waals surface area (Å²) >= 11 is 6.12. The first-order valence-corrected chi connectivity index (χ1v) is 12.2. The number of halogens is 1. The highest BCUT2D eigenvalue weighted by atomic mass is 35.5. The lowest BCUT2D eigenvalue weighted by atomic mass is 10.1. The molecule has 3 aromatic rings.